The predicted octanol–water partition coefficient (Wildman–Crippen LogP) is 1.62. The number of morpholine rings is 1. The number of fused-ring (bicyclic) bond motifs is 1. The molecule has 8 nitrogen and oxygen atoms in total. The minimum atomic E-state index is -1.05. The molecule has 1 saturated heterocycles. The van der Waals surface area contributed by atoms with Crippen LogP contribution in [-0.4, -0.2) is 52.9 Å². The number of aromatic nitrogens is 2. The Bertz CT molecular complexity index is 1150. The third kappa shape index (κ3) is 4.49. The van der Waals surface area contributed by atoms with Gasteiger partial charge in [-0.05, 0) is 6.07 Å². The second-order valence-corrected chi connectivity index (χ2v) is 7.32. The lowest BCUT2D eigenvalue weighted by molar-refractivity contribution is -0.162. The van der Waals surface area contributed by atoms with Crippen molar-refractivity contribution in [1.29, 1.82) is 0 Å². The second-order valence-electron chi connectivity index (χ2n) is 7.32. The van der Waals surface area contributed by atoms with Crippen LogP contribution in [0.5, 0.6) is 0 Å². The van der Waals surface area contributed by atoms with E-state index in [0.717, 1.165) is 0 Å². The molecule has 2 heterocycles. The van der Waals surface area contributed by atoms with Crippen molar-refractivity contribution in [3.63, 3.8) is 0 Å². The molecule has 0 saturated carbocycles. The van der Waals surface area contributed by atoms with Crippen molar-refractivity contribution < 1.29 is 19.1 Å². The topological polar surface area (TPSA) is 90.7 Å². The number of amides is 1. The first-order valence-corrected chi connectivity index (χ1v) is 10.1. The fourth-order valence-corrected chi connectivity index (χ4v) is 3.65. The maximum absolute atomic E-state index is 13.1. The van der Waals surface area contributed by atoms with Gasteiger partial charge in [0.25, 0.3) is 11.5 Å². The first-order valence-electron chi connectivity index (χ1n) is 10.1. The van der Waals surface area contributed by atoms with Gasteiger partial charge in [0.2, 0.25) is 6.10 Å². The van der Waals surface area contributed by atoms with Crippen LogP contribution in [0.25, 0.3) is 10.8 Å². The van der Waals surface area contributed by atoms with E-state index in [1.54, 1.807) is 60.5 Å². The predicted molar refractivity (Wildman–Crippen MR) is 113 cm³/mol. The Hall–Kier alpha value is -3.52. The van der Waals surface area contributed by atoms with Crippen molar-refractivity contribution in [2.75, 3.05) is 26.3 Å². The van der Waals surface area contributed by atoms with E-state index in [0.29, 0.717) is 48.3 Å². The highest BCUT2D eigenvalue weighted by Crippen LogP contribution is 2.22. The molecule has 0 aliphatic carbocycles. The van der Waals surface area contributed by atoms with Gasteiger partial charge in [-0.25, -0.2) is 4.68 Å². The molecule has 0 spiro atoms. The van der Waals surface area contributed by atoms with Crippen molar-refractivity contribution in [2.45, 2.75) is 12.5 Å². The molecule has 0 radical (unpaired) electrons. The lowest BCUT2D eigenvalue weighted by Gasteiger charge is -2.30. The molecule has 2 aromatic carbocycles. The van der Waals surface area contributed by atoms with Crippen LogP contribution >= 0.6 is 0 Å². The maximum Gasteiger partial charge on any atom is 0.313 e. The van der Waals surface area contributed by atoms with Crippen molar-refractivity contribution in [3.8, 4) is 0 Å². The van der Waals surface area contributed by atoms with Crippen molar-refractivity contribution in [2.24, 2.45) is 7.05 Å². The normalized spacial score (nSPS) is 14.9. The first kappa shape index (κ1) is 20.7. The van der Waals surface area contributed by atoms with Crippen LogP contribution in [0.3, 0.4) is 0 Å². The zero-order chi connectivity index (χ0) is 21.8. The Morgan fingerprint density at radius 2 is 1.68 bits per heavy atom. The molecule has 0 unspecified atom stereocenters. The summed E-state index contributed by atoms with van der Waals surface area (Å²) in [6.45, 7) is 1.81. The maximum atomic E-state index is 13.1. The van der Waals surface area contributed by atoms with Crippen LogP contribution in [0.4, 0.5) is 0 Å². The third-order valence-corrected chi connectivity index (χ3v) is 5.24. The Balaban J connectivity index is 1.60. The molecule has 1 aliphatic rings. The molecule has 1 aromatic heterocycles. The summed E-state index contributed by atoms with van der Waals surface area (Å²) in [7, 11) is 1.54. The van der Waals surface area contributed by atoms with Crippen LogP contribution in [-0.2, 0) is 32.5 Å². The van der Waals surface area contributed by atoms with Crippen molar-refractivity contribution >= 4 is 22.6 Å². The Labute approximate surface area is 179 Å². The number of hydrogen-bond donors (Lipinski definition) is 0. The molecule has 4 rings (SSSR count). The van der Waals surface area contributed by atoms with Gasteiger partial charge in [-0.15, -0.1) is 0 Å². The highest BCUT2D eigenvalue weighted by atomic mass is 16.5. The summed E-state index contributed by atoms with van der Waals surface area (Å²) in [5.41, 5.74) is 0.788. The fraction of sp³-hybridized carbons (Fsp3) is 0.304. The molecule has 1 aliphatic heterocycles. The number of benzene rings is 2. The van der Waals surface area contributed by atoms with Gasteiger partial charge in [-0.2, -0.15) is 5.10 Å². The largest absolute Gasteiger partial charge is 0.447 e. The highest BCUT2D eigenvalue weighted by molar-refractivity contribution is 5.89. The summed E-state index contributed by atoms with van der Waals surface area (Å²) >= 11 is 0. The summed E-state index contributed by atoms with van der Waals surface area (Å²) < 4.78 is 12.2. The molecule has 31 heavy (non-hydrogen) atoms. The van der Waals surface area contributed by atoms with Gasteiger partial charge >= 0.3 is 5.97 Å². The van der Waals surface area contributed by atoms with E-state index < -0.39 is 12.1 Å². The minimum Gasteiger partial charge on any atom is -0.447 e. The molecule has 1 fully saturated rings. The van der Waals surface area contributed by atoms with E-state index in [9.17, 15) is 14.4 Å². The Kier molecular flexibility index (Phi) is 6.08. The average molecular weight is 421 g/mol. The van der Waals surface area contributed by atoms with Gasteiger partial charge in [-0.3, -0.25) is 14.4 Å². The molecule has 1 amide bonds. The molecule has 0 bridgehead atoms. The van der Waals surface area contributed by atoms with Crippen molar-refractivity contribution in [3.05, 3.63) is 76.2 Å². The van der Waals surface area contributed by atoms with Gasteiger partial charge in [0.15, 0.2) is 0 Å². The van der Waals surface area contributed by atoms with Gasteiger partial charge in [0.05, 0.1) is 30.7 Å². The van der Waals surface area contributed by atoms with E-state index in [1.807, 2.05) is 6.07 Å². The Morgan fingerprint density at radius 1 is 1.03 bits per heavy atom. The summed E-state index contributed by atoms with van der Waals surface area (Å²) in [6.07, 6.45) is -1.21. The lowest BCUT2D eigenvalue weighted by atomic mass is 10.1. The van der Waals surface area contributed by atoms with Crippen LogP contribution in [0.1, 0.15) is 17.4 Å². The van der Waals surface area contributed by atoms with Crippen LogP contribution in [0, 0.1) is 0 Å². The van der Waals surface area contributed by atoms with Gasteiger partial charge in [0.1, 0.15) is 0 Å². The molecule has 0 N–H and O–H groups in total. The zero-order valence-electron chi connectivity index (χ0n) is 17.2. The summed E-state index contributed by atoms with van der Waals surface area (Å²) in [6, 6.07) is 15.9. The van der Waals surface area contributed by atoms with E-state index >= 15 is 0 Å². The number of aryl methyl sites for hydroxylation is 1. The quantitative estimate of drug-likeness (QED) is 0.582. The third-order valence-electron chi connectivity index (χ3n) is 5.24. The standard InChI is InChI=1S/C23H23N3O5/c1-25-22(28)18-10-6-5-9-17(18)19(24-25)15-20(27)31-21(16-7-3-2-4-8-16)23(29)26-11-13-30-14-12-26/h2-10,21H,11-15H2,1H3/t21-/m0/s1. The lowest BCUT2D eigenvalue weighted by Crippen LogP contribution is -2.44. The van der Waals surface area contributed by atoms with E-state index in [2.05, 4.69) is 5.10 Å². The summed E-state index contributed by atoms with van der Waals surface area (Å²) in [5, 5.41) is 5.32. The number of carbonyl (C=O) groups excluding carboxylic acids is 2. The fourth-order valence-electron chi connectivity index (χ4n) is 3.65. The smallest absolute Gasteiger partial charge is 0.313 e. The number of esters is 1. The first-order chi connectivity index (χ1) is 15.0. The van der Waals surface area contributed by atoms with E-state index in [4.69, 9.17) is 9.47 Å². The summed E-state index contributed by atoms with van der Waals surface area (Å²) in [5.74, 6) is -0.868. The van der Waals surface area contributed by atoms with Crippen LogP contribution < -0.4 is 5.56 Å². The molecule has 1 atom stereocenters. The zero-order valence-corrected chi connectivity index (χ0v) is 17.2. The highest BCUT2D eigenvalue weighted by Gasteiger charge is 2.30. The van der Waals surface area contributed by atoms with Gasteiger partial charge in [-0.1, -0.05) is 48.5 Å². The van der Waals surface area contributed by atoms with Crippen LogP contribution in [0.15, 0.2) is 59.4 Å². The number of nitrogens with zero attached hydrogens (tertiary/aromatic N) is 3. The number of carbonyl (C=O) groups is 2. The number of rotatable bonds is 5. The minimum absolute atomic E-state index is 0.158. The van der Waals surface area contributed by atoms with E-state index in [-0.39, 0.29) is 17.9 Å². The molecular weight excluding hydrogens is 398 g/mol. The number of ether oxygens (including phenoxy) is 2. The Morgan fingerprint density at radius 3 is 2.39 bits per heavy atom. The average Bonchev–Trinajstić information content (AvgIpc) is 2.81. The molecule has 160 valence electrons. The SMILES string of the molecule is Cn1nc(CC(=O)O[C@H](C(=O)N2CCOCC2)c2ccccc2)c2ccccc2c1=O. The van der Waals surface area contributed by atoms with E-state index in [1.165, 1.54) is 4.68 Å². The summed E-state index contributed by atoms with van der Waals surface area (Å²) in [4.78, 5) is 40.0. The molecule has 8 heteroatoms. The number of hydrogen-bond acceptors (Lipinski definition) is 6. The van der Waals surface area contributed by atoms with Gasteiger partial charge < -0.3 is 14.4 Å². The monoisotopic (exact) mass is 421 g/mol. The van der Waals surface area contributed by atoms with Gasteiger partial charge in [0, 0.05) is 31.1 Å². The van der Waals surface area contributed by atoms with Crippen molar-refractivity contribution in [1.82, 2.24) is 14.7 Å². The van der Waals surface area contributed by atoms with Crippen LogP contribution in [0.2, 0.25) is 0 Å². The molecule has 3 aromatic rings. The molecular formula is C23H23N3O5. The second kappa shape index (κ2) is 9.09.